The zero-order valence-electron chi connectivity index (χ0n) is 8.33. The lowest BCUT2D eigenvalue weighted by molar-refractivity contribution is -0.146. The van der Waals surface area contributed by atoms with Crippen molar-refractivity contribution in [2.24, 2.45) is 11.8 Å². The normalized spacial score (nSPS) is 14.7. The molecule has 2 unspecified atom stereocenters. The van der Waals surface area contributed by atoms with E-state index in [0.29, 0.717) is 6.54 Å². The van der Waals surface area contributed by atoms with Gasteiger partial charge in [-0.15, -0.1) is 0 Å². The molecular formula is C9H17NO3. The number of carbonyl (C=O) groups is 2. The number of amides is 1. The van der Waals surface area contributed by atoms with Crippen LogP contribution in [-0.2, 0) is 9.59 Å². The van der Waals surface area contributed by atoms with E-state index in [1.54, 1.807) is 13.8 Å². The molecule has 0 aliphatic heterocycles. The van der Waals surface area contributed by atoms with Gasteiger partial charge in [-0.25, -0.2) is 0 Å². The molecule has 0 rings (SSSR count). The third-order valence-corrected chi connectivity index (χ3v) is 2.10. The van der Waals surface area contributed by atoms with Crippen LogP contribution in [0, 0.1) is 11.8 Å². The summed E-state index contributed by atoms with van der Waals surface area (Å²) in [4.78, 5) is 21.8. The van der Waals surface area contributed by atoms with E-state index >= 15 is 0 Å². The topological polar surface area (TPSA) is 66.4 Å². The molecule has 0 aliphatic carbocycles. The second-order valence-electron chi connectivity index (χ2n) is 3.21. The van der Waals surface area contributed by atoms with E-state index in [-0.39, 0.29) is 5.91 Å². The first kappa shape index (κ1) is 11.9. The fourth-order valence-corrected chi connectivity index (χ4v) is 0.850. The molecule has 0 aromatic rings. The van der Waals surface area contributed by atoms with Crippen molar-refractivity contribution in [2.75, 3.05) is 6.54 Å². The van der Waals surface area contributed by atoms with Crippen molar-refractivity contribution in [1.82, 2.24) is 5.32 Å². The highest BCUT2D eigenvalue weighted by Gasteiger charge is 2.24. The van der Waals surface area contributed by atoms with Crippen LogP contribution in [0.5, 0.6) is 0 Å². The Balaban J connectivity index is 4.01. The summed E-state index contributed by atoms with van der Waals surface area (Å²) in [6.07, 6.45) is 0.861. The SMILES string of the molecule is CCCNC(=O)C(C)C(C)C(=O)O. The van der Waals surface area contributed by atoms with E-state index in [4.69, 9.17) is 5.11 Å². The summed E-state index contributed by atoms with van der Waals surface area (Å²) in [5.41, 5.74) is 0. The van der Waals surface area contributed by atoms with Crippen LogP contribution < -0.4 is 5.32 Å². The monoisotopic (exact) mass is 187 g/mol. The van der Waals surface area contributed by atoms with E-state index in [1.807, 2.05) is 6.92 Å². The third-order valence-electron chi connectivity index (χ3n) is 2.10. The van der Waals surface area contributed by atoms with E-state index in [9.17, 15) is 9.59 Å². The van der Waals surface area contributed by atoms with Gasteiger partial charge in [-0.3, -0.25) is 9.59 Å². The molecule has 0 fully saturated rings. The highest BCUT2D eigenvalue weighted by Crippen LogP contribution is 2.10. The second kappa shape index (κ2) is 5.56. The van der Waals surface area contributed by atoms with E-state index in [2.05, 4.69) is 5.32 Å². The molecular weight excluding hydrogens is 170 g/mol. The van der Waals surface area contributed by atoms with Gasteiger partial charge in [0, 0.05) is 12.5 Å². The summed E-state index contributed by atoms with van der Waals surface area (Å²) < 4.78 is 0. The molecule has 0 spiro atoms. The van der Waals surface area contributed by atoms with Crippen LogP contribution in [0.4, 0.5) is 0 Å². The number of carboxylic acid groups (broad SMARTS) is 1. The fraction of sp³-hybridized carbons (Fsp3) is 0.778. The smallest absolute Gasteiger partial charge is 0.307 e. The first-order valence-electron chi connectivity index (χ1n) is 4.51. The molecule has 2 atom stereocenters. The van der Waals surface area contributed by atoms with Gasteiger partial charge in [0.2, 0.25) is 5.91 Å². The number of carboxylic acids is 1. The number of nitrogens with one attached hydrogen (secondary N) is 1. The number of hydrogen-bond acceptors (Lipinski definition) is 2. The molecule has 0 saturated carbocycles. The zero-order chi connectivity index (χ0) is 10.4. The average Bonchev–Trinajstić information content (AvgIpc) is 2.11. The largest absolute Gasteiger partial charge is 0.481 e. The van der Waals surface area contributed by atoms with Gasteiger partial charge in [-0.1, -0.05) is 20.8 Å². The minimum atomic E-state index is -0.931. The van der Waals surface area contributed by atoms with Crippen LogP contribution >= 0.6 is 0 Å². The maximum atomic E-state index is 11.3. The molecule has 0 saturated heterocycles. The molecule has 0 aromatic carbocycles. The lowest BCUT2D eigenvalue weighted by Crippen LogP contribution is -2.35. The quantitative estimate of drug-likeness (QED) is 0.671. The van der Waals surface area contributed by atoms with E-state index < -0.39 is 17.8 Å². The summed E-state index contributed by atoms with van der Waals surface area (Å²) in [5, 5.41) is 11.3. The number of rotatable bonds is 5. The van der Waals surface area contributed by atoms with E-state index in [0.717, 1.165) is 6.42 Å². The summed E-state index contributed by atoms with van der Waals surface area (Å²) in [7, 11) is 0. The highest BCUT2D eigenvalue weighted by molar-refractivity contribution is 5.84. The predicted octanol–water partition coefficient (Wildman–Crippen LogP) is 0.869. The van der Waals surface area contributed by atoms with Crippen LogP contribution in [-0.4, -0.2) is 23.5 Å². The molecule has 2 N–H and O–H groups in total. The summed E-state index contributed by atoms with van der Waals surface area (Å²) in [6.45, 7) is 5.73. The van der Waals surface area contributed by atoms with Gasteiger partial charge in [0.25, 0.3) is 0 Å². The summed E-state index contributed by atoms with van der Waals surface area (Å²) in [6, 6.07) is 0. The second-order valence-corrected chi connectivity index (χ2v) is 3.21. The Morgan fingerprint density at radius 1 is 1.31 bits per heavy atom. The number of aliphatic carboxylic acids is 1. The minimum Gasteiger partial charge on any atom is -0.481 e. The lowest BCUT2D eigenvalue weighted by atomic mass is 9.95. The molecule has 4 nitrogen and oxygen atoms in total. The molecule has 0 heterocycles. The Labute approximate surface area is 78.3 Å². The number of carbonyl (C=O) groups excluding carboxylic acids is 1. The third kappa shape index (κ3) is 3.92. The molecule has 4 heteroatoms. The first-order chi connectivity index (χ1) is 6.00. The van der Waals surface area contributed by atoms with Crippen LogP contribution in [0.25, 0.3) is 0 Å². The molecule has 0 aliphatic rings. The molecule has 0 radical (unpaired) electrons. The Morgan fingerprint density at radius 2 is 1.85 bits per heavy atom. The van der Waals surface area contributed by atoms with Crippen molar-refractivity contribution in [2.45, 2.75) is 27.2 Å². The molecule has 1 amide bonds. The standard InChI is InChI=1S/C9H17NO3/c1-4-5-10-8(11)6(2)7(3)9(12)13/h6-7H,4-5H2,1-3H3,(H,10,11)(H,12,13). The summed E-state index contributed by atoms with van der Waals surface area (Å²) >= 11 is 0. The Bertz CT molecular complexity index is 191. The van der Waals surface area contributed by atoms with Gasteiger partial charge < -0.3 is 10.4 Å². The average molecular weight is 187 g/mol. The number of hydrogen-bond donors (Lipinski definition) is 2. The van der Waals surface area contributed by atoms with Gasteiger partial charge >= 0.3 is 5.97 Å². The van der Waals surface area contributed by atoms with Gasteiger partial charge in [0.1, 0.15) is 0 Å². The van der Waals surface area contributed by atoms with E-state index in [1.165, 1.54) is 0 Å². The Kier molecular flexibility index (Phi) is 5.11. The molecule has 13 heavy (non-hydrogen) atoms. The Morgan fingerprint density at radius 3 is 2.23 bits per heavy atom. The predicted molar refractivity (Wildman–Crippen MR) is 49.3 cm³/mol. The van der Waals surface area contributed by atoms with Gasteiger partial charge in [-0.2, -0.15) is 0 Å². The molecule has 0 aromatic heterocycles. The highest BCUT2D eigenvalue weighted by atomic mass is 16.4. The lowest BCUT2D eigenvalue weighted by Gasteiger charge is -2.15. The van der Waals surface area contributed by atoms with Crippen molar-refractivity contribution in [1.29, 1.82) is 0 Å². The van der Waals surface area contributed by atoms with Crippen LogP contribution in [0.1, 0.15) is 27.2 Å². The van der Waals surface area contributed by atoms with Gasteiger partial charge in [-0.05, 0) is 6.42 Å². The van der Waals surface area contributed by atoms with Crippen molar-refractivity contribution in [3.8, 4) is 0 Å². The maximum absolute atomic E-state index is 11.3. The first-order valence-corrected chi connectivity index (χ1v) is 4.51. The van der Waals surface area contributed by atoms with Crippen molar-refractivity contribution < 1.29 is 14.7 Å². The molecule has 76 valence electrons. The van der Waals surface area contributed by atoms with Crippen molar-refractivity contribution >= 4 is 11.9 Å². The van der Waals surface area contributed by atoms with Crippen LogP contribution in [0.3, 0.4) is 0 Å². The maximum Gasteiger partial charge on any atom is 0.307 e. The van der Waals surface area contributed by atoms with Gasteiger partial charge in [0.15, 0.2) is 0 Å². The minimum absolute atomic E-state index is 0.184. The fourth-order valence-electron chi connectivity index (χ4n) is 0.850. The van der Waals surface area contributed by atoms with Gasteiger partial charge in [0.05, 0.1) is 5.92 Å². The van der Waals surface area contributed by atoms with Crippen LogP contribution in [0.15, 0.2) is 0 Å². The van der Waals surface area contributed by atoms with Crippen LogP contribution in [0.2, 0.25) is 0 Å². The Hall–Kier alpha value is -1.06. The van der Waals surface area contributed by atoms with Crippen molar-refractivity contribution in [3.05, 3.63) is 0 Å². The van der Waals surface area contributed by atoms with Crippen molar-refractivity contribution in [3.63, 3.8) is 0 Å². The summed E-state index contributed by atoms with van der Waals surface area (Å²) in [5.74, 6) is -2.21. The molecule has 0 bridgehead atoms. The zero-order valence-corrected chi connectivity index (χ0v) is 8.33.